The summed E-state index contributed by atoms with van der Waals surface area (Å²) in [6, 6.07) is 4.95. The molecule has 0 radical (unpaired) electrons. The highest BCUT2D eigenvalue weighted by Crippen LogP contribution is 2.32. The van der Waals surface area contributed by atoms with Crippen molar-refractivity contribution in [2.45, 2.75) is 12.8 Å². The summed E-state index contributed by atoms with van der Waals surface area (Å²) in [6.45, 7) is 1.91. The van der Waals surface area contributed by atoms with E-state index in [0.717, 1.165) is 5.69 Å². The molecule has 0 fully saturated rings. The highest BCUT2D eigenvalue weighted by atomic mass is 16.3. The molecule has 2 aromatic rings. The summed E-state index contributed by atoms with van der Waals surface area (Å²) in [7, 11) is 0. The lowest BCUT2D eigenvalue weighted by molar-refractivity contribution is 0.0997. The number of nitrogens with one attached hydrogen (secondary N) is 1. The van der Waals surface area contributed by atoms with Crippen molar-refractivity contribution in [2.24, 2.45) is 5.73 Å². The largest absolute Gasteiger partial charge is 0.507 e. The van der Waals surface area contributed by atoms with Crippen molar-refractivity contribution in [3.63, 3.8) is 0 Å². The first-order valence-electron chi connectivity index (χ1n) is 5.21. The molecule has 1 unspecified atom stereocenters. The average molecular weight is 231 g/mol. The Morgan fingerprint density at radius 2 is 2.29 bits per heavy atom. The van der Waals surface area contributed by atoms with Crippen molar-refractivity contribution in [3.8, 4) is 5.75 Å². The fourth-order valence-corrected chi connectivity index (χ4v) is 1.78. The minimum Gasteiger partial charge on any atom is -0.507 e. The summed E-state index contributed by atoms with van der Waals surface area (Å²) in [5.74, 6) is -0.792. The normalized spacial score (nSPS) is 12.3. The molecule has 0 aliphatic heterocycles. The number of rotatable bonds is 3. The minimum absolute atomic E-state index is 0.0675. The second-order valence-electron chi connectivity index (χ2n) is 3.84. The first-order valence-corrected chi connectivity index (χ1v) is 5.21. The van der Waals surface area contributed by atoms with E-state index in [-0.39, 0.29) is 17.2 Å². The number of H-pyrrole nitrogens is 1. The Labute approximate surface area is 98.3 Å². The molecular weight excluding hydrogens is 218 g/mol. The van der Waals surface area contributed by atoms with E-state index in [4.69, 9.17) is 5.73 Å². The molecule has 0 saturated carbocycles. The number of amides is 1. The van der Waals surface area contributed by atoms with Crippen LogP contribution in [0, 0.1) is 0 Å². The number of carbonyl (C=O) groups excluding carboxylic acids is 1. The van der Waals surface area contributed by atoms with Gasteiger partial charge in [0.25, 0.3) is 5.91 Å². The van der Waals surface area contributed by atoms with Gasteiger partial charge >= 0.3 is 0 Å². The van der Waals surface area contributed by atoms with Gasteiger partial charge in [0.2, 0.25) is 0 Å². The van der Waals surface area contributed by atoms with E-state index in [1.807, 2.05) is 6.92 Å². The van der Waals surface area contributed by atoms with E-state index >= 15 is 0 Å². The second kappa shape index (κ2) is 4.29. The molecule has 1 amide bonds. The van der Waals surface area contributed by atoms with E-state index in [0.29, 0.717) is 5.56 Å². The smallest absolute Gasteiger partial charge is 0.252 e. The van der Waals surface area contributed by atoms with Crippen LogP contribution in [0.3, 0.4) is 0 Å². The number of nitrogens with zero attached hydrogens (tertiary/aromatic N) is 1. The van der Waals surface area contributed by atoms with Crippen LogP contribution in [0.2, 0.25) is 0 Å². The van der Waals surface area contributed by atoms with Crippen LogP contribution in [0.25, 0.3) is 0 Å². The number of hydrogen-bond donors (Lipinski definition) is 3. The number of aromatic amines is 1. The van der Waals surface area contributed by atoms with E-state index in [9.17, 15) is 9.90 Å². The zero-order valence-corrected chi connectivity index (χ0v) is 9.34. The summed E-state index contributed by atoms with van der Waals surface area (Å²) in [6.07, 6.45) is 3.25. The lowest BCUT2D eigenvalue weighted by Gasteiger charge is -2.13. The van der Waals surface area contributed by atoms with Gasteiger partial charge in [0.15, 0.2) is 0 Å². The van der Waals surface area contributed by atoms with Crippen molar-refractivity contribution in [1.82, 2.24) is 9.97 Å². The molecule has 0 spiro atoms. The Balaban J connectivity index is 2.46. The summed E-state index contributed by atoms with van der Waals surface area (Å²) in [5, 5.41) is 9.99. The number of imidazole rings is 1. The van der Waals surface area contributed by atoms with Gasteiger partial charge in [-0.3, -0.25) is 4.79 Å². The predicted molar refractivity (Wildman–Crippen MR) is 62.7 cm³/mol. The Hall–Kier alpha value is -2.30. The van der Waals surface area contributed by atoms with Gasteiger partial charge in [-0.05, 0) is 6.07 Å². The fourth-order valence-electron chi connectivity index (χ4n) is 1.78. The van der Waals surface area contributed by atoms with Crippen molar-refractivity contribution in [1.29, 1.82) is 0 Å². The molecule has 0 aliphatic carbocycles. The monoisotopic (exact) mass is 231 g/mol. The van der Waals surface area contributed by atoms with Crippen molar-refractivity contribution in [3.05, 3.63) is 47.5 Å². The van der Waals surface area contributed by atoms with Gasteiger partial charge < -0.3 is 15.8 Å². The summed E-state index contributed by atoms with van der Waals surface area (Å²) in [5.41, 5.74) is 6.82. The maximum atomic E-state index is 11.1. The van der Waals surface area contributed by atoms with Crippen LogP contribution in [-0.2, 0) is 0 Å². The van der Waals surface area contributed by atoms with Crippen LogP contribution in [-0.4, -0.2) is 21.0 Å². The molecule has 0 bridgehead atoms. The molecule has 0 aliphatic rings. The Morgan fingerprint density at radius 3 is 2.88 bits per heavy atom. The zero-order chi connectivity index (χ0) is 12.4. The molecule has 1 aromatic heterocycles. The number of benzene rings is 1. The molecular formula is C12H13N3O2. The average Bonchev–Trinajstić information content (AvgIpc) is 2.81. The number of hydrogen-bond acceptors (Lipinski definition) is 3. The van der Waals surface area contributed by atoms with Crippen molar-refractivity contribution >= 4 is 5.91 Å². The number of para-hydroxylation sites is 1. The summed E-state index contributed by atoms with van der Waals surface area (Å²) >= 11 is 0. The van der Waals surface area contributed by atoms with Gasteiger partial charge in [-0.15, -0.1) is 0 Å². The lowest BCUT2D eigenvalue weighted by atomic mass is 9.95. The standard InChI is InChI=1S/C12H13N3O2/c1-7(10-5-14-6-15-10)8-3-2-4-9(11(8)16)12(13)17/h2-7,16H,1H3,(H2,13,17)(H,14,15). The number of nitrogens with two attached hydrogens (primary N) is 1. The first kappa shape index (κ1) is 11.2. The van der Waals surface area contributed by atoms with Gasteiger partial charge in [-0.2, -0.15) is 0 Å². The maximum Gasteiger partial charge on any atom is 0.252 e. The van der Waals surface area contributed by atoms with Crippen LogP contribution in [0.4, 0.5) is 0 Å². The molecule has 1 heterocycles. The number of aromatic nitrogens is 2. The highest BCUT2D eigenvalue weighted by molar-refractivity contribution is 5.96. The molecule has 1 aromatic carbocycles. The van der Waals surface area contributed by atoms with E-state index in [2.05, 4.69) is 9.97 Å². The maximum absolute atomic E-state index is 11.1. The third-order valence-corrected chi connectivity index (χ3v) is 2.79. The first-order chi connectivity index (χ1) is 8.11. The van der Waals surface area contributed by atoms with E-state index in [1.165, 1.54) is 6.07 Å². The number of phenols is 1. The van der Waals surface area contributed by atoms with Gasteiger partial charge in [0.05, 0.1) is 11.9 Å². The predicted octanol–water partition coefficient (Wildman–Crippen LogP) is 1.37. The van der Waals surface area contributed by atoms with Crippen LogP contribution in [0.5, 0.6) is 5.75 Å². The zero-order valence-electron chi connectivity index (χ0n) is 9.34. The van der Waals surface area contributed by atoms with Crippen molar-refractivity contribution < 1.29 is 9.90 Å². The topological polar surface area (TPSA) is 92.0 Å². The van der Waals surface area contributed by atoms with E-state index in [1.54, 1.807) is 24.7 Å². The Bertz CT molecular complexity index is 535. The quantitative estimate of drug-likeness (QED) is 0.744. The summed E-state index contributed by atoms with van der Waals surface area (Å²) in [4.78, 5) is 18.0. The van der Waals surface area contributed by atoms with Gasteiger partial charge in [-0.1, -0.05) is 19.1 Å². The van der Waals surface area contributed by atoms with Crippen LogP contribution in [0.15, 0.2) is 30.7 Å². The fraction of sp³-hybridized carbons (Fsp3) is 0.167. The minimum atomic E-state index is -0.638. The lowest BCUT2D eigenvalue weighted by Crippen LogP contribution is -2.12. The molecule has 5 nitrogen and oxygen atoms in total. The Kier molecular flexibility index (Phi) is 2.82. The third kappa shape index (κ3) is 1.99. The Morgan fingerprint density at radius 1 is 1.53 bits per heavy atom. The molecule has 0 saturated heterocycles. The van der Waals surface area contributed by atoms with E-state index < -0.39 is 5.91 Å². The molecule has 17 heavy (non-hydrogen) atoms. The molecule has 5 heteroatoms. The molecule has 88 valence electrons. The van der Waals surface area contributed by atoms with Gasteiger partial charge in [0, 0.05) is 23.4 Å². The molecule has 2 rings (SSSR count). The molecule has 1 atom stereocenters. The van der Waals surface area contributed by atoms with Crippen LogP contribution >= 0.6 is 0 Å². The van der Waals surface area contributed by atoms with Gasteiger partial charge in [-0.25, -0.2) is 4.98 Å². The summed E-state index contributed by atoms with van der Waals surface area (Å²) < 4.78 is 0. The molecule has 4 N–H and O–H groups in total. The van der Waals surface area contributed by atoms with Gasteiger partial charge in [0.1, 0.15) is 5.75 Å². The number of primary amides is 1. The highest BCUT2D eigenvalue weighted by Gasteiger charge is 2.17. The van der Waals surface area contributed by atoms with Crippen LogP contribution in [0.1, 0.15) is 34.5 Å². The number of aromatic hydroxyl groups is 1. The van der Waals surface area contributed by atoms with Crippen LogP contribution < -0.4 is 5.73 Å². The SMILES string of the molecule is CC(c1cnc[nH]1)c1cccc(C(N)=O)c1O. The van der Waals surface area contributed by atoms with Crippen molar-refractivity contribution in [2.75, 3.05) is 0 Å². The third-order valence-electron chi connectivity index (χ3n) is 2.79. The number of carbonyl (C=O) groups is 1. The second-order valence-corrected chi connectivity index (χ2v) is 3.84.